The Morgan fingerprint density at radius 3 is 1.67 bits per heavy atom. The fraction of sp³-hybridized carbons (Fsp3) is 0. The molecule has 3 heterocycles. The molecule has 0 spiro atoms. The fourth-order valence-corrected chi connectivity index (χ4v) is 10.1. The Hall–Kier alpha value is -6.48. The van der Waals surface area contributed by atoms with Gasteiger partial charge in [-0.15, -0.1) is 0 Å². The van der Waals surface area contributed by atoms with Crippen molar-refractivity contribution < 1.29 is 4.57 Å². The maximum absolute atomic E-state index is 15.0. The molecule has 0 fully saturated rings. The first-order valence-corrected chi connectivity index (χ1v) is 19.1. The summed E-state index contributed by atoms with van der Waals surface area (Å²) < 4.78 is 15.0. The SMILES string of the molecule is O=P(c1ccccc1)(c1ccccc1)c1ccc(-c2nc3cc4ccc5ccc(-c6ccc7ccccc7c6)nc5c4nc3c3ccccc23)cc1. The molecular formula is C47H30N3OP. The third-order valence-corrected chi connectivity index (χ3v) is 13.2. The van der Waals surface area contributed by atoms with E-state index >= 15 is 0 Å². The molecule has 0 bridgehead atoms. The highest BCUT2D eigenvalue weighted by atomic mass is 31.2. The molecule has 0 N–H and O–H groups in total. The van der Waals surface area contributed by atoms with Gasteiger partial charge >= 0.3 is 0 Å². The van der Waals surface area contributed by atoms with E-state index in [0.717, 1.165) is 82.0 Å². The molecule has 4 nitrogen and oxygen atoms in total. The van der Waals surface area contributed by atoms with Crippen LogP contribution in [-0.4, -0.2) is 15.0 Å². The van der Waals surface area contributed by atoms with E-state index in [9.17, 15) is 4.57 Å². The lowest BCUT2D eigenvalue weighted by Crippen LogP contribution is -2.24. The summed E-state index contributed by atoms with van der Waals surface area (Å²) in [6.07, 6.45) is 0. The lowest BCUT2D eigenvalue weighted by Gasteiger charge is -2.20. The van der Waals surface area contributed by atoms with E-state index in [-0.39, 0.29) is 0 Å². The Morgan fingerprint density at radius 1 is 0.365 bits per heavy atom. The molecule has 10 aromatic rings. The molecule has 0 atom stereocenters. The first-order valence-electron chi connectivity index (χ1n) is 17.4. The number of fused-ring (bicyclic) bond motifs is 7. The van der Waals surface area contributed by atoms with Crippen LogP contribution in [-0.2, 0) is 4.57 Å². The Labute approximate surface area is 300 Å². The number of benzene rings is 7. The zero-order valence-electron chi connectivity index (χ0n) is 28.0. The minimum atomic E-state index is -3.09. The number of hydrogen-bond donors (Lipinski definition) is 0. The van der Waals surface area contributed by atoms with E-state index in [0.29, 0.717) is 0 Å². The topological polar surface area (TPSA) is 55.7 Å². The number of hydrogen-bond acceptors (Lipinski definition) is 4. The van der Waals surface area contributed by atoms with Crippen LogP contribution in [0.15, 0.2) is 182 Å². The molecule has 10 rings (SSSR count). The van der Waals surface area contributed by atoms with Gasteiger partial charge in [-0.05, 0) is 29.0 Å². The average molecular weight is 684 g/mol. The van der Waals surface area contributed by atoms with Gasteiger partial charge in [0.25, 0.3) is 0 Å². The van der Waals surface area contributed by atoms with Gasteiger partial charge in [-0.2, -0.15) is 0 Å². The molecule has 0 saturated heterocycles. The highest BCUT2D eigenvalue weighted by Gasteiger charge is 2.29. The first kappa shape index (κ1) is 30.4. The predicted molar refractivity (Wildman–Crippen MR) is 218 cm³/mol. The fourth-order valence-electron chi connectivity index (χ4n) is 7.45. The van der Waals surface area contributed by atoms with Crippen LogP contribution in [0.1, 0.15) is 0 Å². The molecule has 52 heavy (non-hydrogen) atoms. The lowest BCUT2D eigenvalue weighted by molar-refractivity contribution is 0.592. The standard InChI is InChI=1S/C47H30N3OP/c51-52(37-13-3-1-4-14-37,38-15-5-2-6-16-38)39-26-23-32(24-27-39)44-40-17-9-10-18-41(40)47-43(49-44)30-36-22-20-33-25-28-42(48-45(33)46(36)50-47)35-21-19-31-11-7-8-12-34(31)29-35/h1-30H. The van der Waals surface area contributed by atoms with Crippen molar-refractivity contribution in [2.75, 3.05) is 0 Å². The molecular weight excluding hydrogens is 654 g/mol. The van der Waals surface area contributed by atoms with Crippen LogP contribution in [0.5, 0.6) is 0 Å². The van der Waals surface area contributed by atoms with Gasteiger partial charge in [0.1, 0.15) is 0 Å². The molecule has 0 aliphatic heterocycles. The van der Waals surface area contributed by atoms with Gasteiger partial charge in [0, 0.05) is 48.6 Å². The third kappa shape index (κ3) is 4.92. The summed E-state index contributed by atoms with van der Waals surface area (Å²) in [5.41, 5.74) is 7.19. The van der Waals surface area contributed by atoms with Gasteiger partial charge in [0.2, 0.25) is 0 Å². The highest BCUT2D eigenvalue weighted by molar-refractivity contribution is 7.85. The third-order valence-electron chi connectivity index (χ3n) is 10.1. The van der Waals surface area contributed by atoms with Crippen LogP contribution in [0.2, 0.25) is 0 Å². The normalized spacial score (nSPS) is 11.9. The van der Waals surface area contributed by atoms with E-state index in [1.807, 2.05) is 78.9 Å². The summed E-state index contributed by atoms with van der Waals surface area (Å²) in [5, 5.41) is 8.87. The molecule has 0 aliphatic carbocycles. The molecule has 0 amide bonds. The van der Waals surface area contributed by atoms with Gasteiger partial charge in [0.15, 0.2) is 7.14 Å². The second-order valence-electron chi connectivity index (χ2n) is 13.2. The van der Waals surface area contributed by atoms with E-state index in [1.54, 1.807) is 0 Å². The first-order chi connectivity index (χ1) is 25.6. The van der Waals surface area contributed by atoms with Crippen molar-refractivity contribution in [3.63, 3.8) is 0 Å². The molecule has 5 heteroatoms. The van der Waals surface area contributed by atoms with Crippen molar-refractivity contribution in [3.8, 4) is 22.5 Å². The van der Waals surface area contributed by atoms with Crippen LogP contribution in [0.25, 0.3) is 76.9 Å². The smallest absolute Gasteiger partial charge is 0.171 e. The molecule has 7 aromatic carbocycles. The van der Waals surface area contributed by atoms with Crippen molar-refractivity contribution in [3.05, 3.63) is 182 Å². The second-order valence-corrected chi connectivity index (χ2v) is 15.9. The minimum absolute atomic E-state index is 0.786. The minimum Gasteiger partial charge on any atom is -0.309 e. The maximum atomic E-state index is 15.0. The summed E-state index contributed by atoms with van der Waals surface area (Å²) in [6, 6.07) is 61.4. The molecule has 244 valence electrons. The van der Waals surface area contributed by atoms with Crippen LogP contribution in [0.4, 0.5) is 0 Å². The zero-order valence-corrected chi connectivity index (χ0v) is 28.9. The maximum Gasteiger partial charge on any atom is 0.171 e. The van der Waals surface area contributed by atoms with Crippen LogP contribution in [0.3, 0.4) is 0 Å². The van der Waals surface area contributed by atoms with E-state index in [4.69, 9.17) is 15.0 Å². The Kier molecular flexibility index (Phi) is 7.06. The molecule has 0 saturated carbocycles. The van der Waals surface area contributed by atoms with Crippen LogP contribution in [0, 0.1) is 0 Å². The number of nitrogens with zero attached hydrogens (tertiary/aromatic N) is 3. The summed E-state index contributed by atoms with van der Waals surface area (Å²) in [5.74, 6) is 0. The van der Waals surface area contributed by atoms with E-state index in [2.05, 4.69) is 103 Å². The van der Waals surface area contributed by atoms with Crippen molar-refractivity contribution in [2.24, 2.45) is 0 Å². The number of aromatic nitrogens is 3. The zero-order chi connectivity index (χ0) is 34.6. The Bertz CT molecular complexity index is 2990. The Morgan fingerprint density at radius 2 is 0.923 bits per heavy atom. The average Bonchev–Trinajstić information content (AvgIpc) is 3.22. The summed E-state index contributed by atoms with van der Waals surface area (Å²) >= 11 is 0. The van der Waals surface area contributed by atoms with Gasteiger partial charge in [0.05, 0.1) is 33.5 Å². The van der Waals surface area contributed by atoms with Gasteiger partial charge < -0.3 is 4.57 Å². The lowest BCUT2D eigenvalue weighted by atomic mass is 10.0. The Balaban J connectivity index is 1.12. The molecule has 3 aromatic heterocycles. The quantitative estimate of drug-likeness (QED) is 0.103. The number of rotatable bonds is 5. The van der Waals surface area contributed by atoms with Crippen LogP contribution < -0.4 is 15.9 Å². The van der Waals surface area contributed by atoms with E-state index < -0.39 is 7.14 Å². The van der Waals surface area contributed by atoms with Gasteiger partial charge in [-0.3, -0.25) is 0 Å². The molecule has 0 radical (unpaired) electrons. The van der Waals surface area contributed by atoms with Crippen molar-refractivity contribution in [2.45, 2.75) is 0 Å². The molecule has 0 unspecified atom stereocenters. The van der Waals surface area contributed by atoms with Gasteiger partial charge in [-0.1, -0.05) is 164 Å². The van der Waals surface area contributed by atoms with Gasteiger partial charge in [-0.25, -0.2) is 15.0 Å². The monoisotopic (exact) mass is 683 g/mol. The van der Waals surface area contributed by atoms with Crippen molar-refractivity contribution in [1.82, 2.24) is 15.0 Å². The predicted octanol–water partition coefficient (Wildman–Crippen LogP) is 10.6. The van der Waals surface area contributed by atoms with Crippen molar-refractivity contribution in [1.29, 1.82) is 0 Å². The molecule has 0 aliphatic rings. The number of pyridine rings is 3. The second kappa shape index (κ2) is 12.1. The summed E-state index contributed by atoms with van der Waals surface area (Å²) in [6.45, 7) is 0. The van der Waals surface area contributed by atoms with E-state index in [1.165, 1.54) is 10.8 Å². The van der Waals surface area contributed by atoms with Crippen LogP contribution >= 0.6 is 7.14 Å². The summed E-state index contributed by atoms with van der Waals surface area (Å²) in [7, 11) is -3.09. The summed E-state index contributed by atoms with van der Waals surface area (Å²) in [4.78, 5) is 15.8. The van der Waals surface area contributed by atoms with Crippen molar-refractivity contribution >= 4 is 77.4 Å². The highest BCUT2D eigenvalue weighted by Crippen LogP contribution is 2.43. The largest absolute Gasteiger partial charge is 0.309 e.